The van der Waals surface area contributed by atoms with Crippen LogP contribution < -0.4 is 4.74 Å². The zero-order valence-corrected chi connectivity index (χ0v) is 12.9. The molecule has 0 radical (unpaired) electrons. The molecule has 0 saturated heterocycles. The Balaban J connectivity index is 2.24. The Hall–Kier alpha value is -1.81. The lowest BCUT2D eigenvalue weighted by molar-refractivity contribution is 0.0691. The number of carbonyl (C=O) groups is 1. The number of hydrogen-bond donors (Lipinski definition) is 1. The molecule has 0 fully saturated rings. The van der Waals surface area contributed by atoms with E-state index in [0.717, 1.165) is 15.6 Å². The van der Waals surface area contributed by atoms with Gasteiger partial charge in [-0.2, -0.15) is 0 Å². The van der Waals surface area contributed by atoms with Gasteiger partial charge in [0, 0.05) is 4.47 Å². The first-order valence-corrected chi connectivity index (χ1v) is 6.98. The van der Waals surface area contributed by atoms with Crippen molar-refractivity contribution in [3.05, 3.63) is 63.1 Å². The molecule has 104 valence electrons. The smallest absolute Gasteiger partial charge is 0.339 e. The molecule has 0 unspecified atom stereocenters. The van der Waals surface area contributed by atoms with Crippen molar-refractivity contribution in [2.45, 2.75) is 20.5 Å². The summed E-state index contributed by atoms with van der Waals surface area (Å²) in [6.07, 6.45) is 0. The predicted octanol–water partition coefficient (Wildman–Crippen LogP) is 4.34. The Bertz CT molecular complexity index is 633. The van der Waals surface area contributed by atoms with Crippen LogP contribution in [-0.4, -0.2) is 11.1 Å². The van der Waals surface area contributed by atoms with E-state index in [4.69, 9.17) is 4.74 Å². The van der Waals surface area contributed by atoms with Crippen molar-refractivity contribution in [2.75, 3.05) is 0 Å². The van der Waals surface area contributed by atoms with Gasteiger partial charge in [-0.15, -0.1) is 0 Å². The number of carboxylic acids is 1. The normalized spacial score (nSPS) is 10.3. The third-order valence-corrected chi connectivity index (χ3v) is 3.43. The summed E-state index contributed by atoms with van der Waals surface area (Å²) in [5, 5.41) is 9.25. The highest BCUT2D eigenvalue weighted by Gasteiger charge is 2.15. The SMILES string of the molecule is Cc1ccc(COc2c(C)cc(Br)cc2C(=O)O)cc1. The number of aromatic carboxylic acids is 1. The molecule has 0 bridgehead atoms. The second-order valence-corrected chi connectivity index (χ2v) is 5.59. The van der Waals surface area contributed by atoms with Crippen molar-refractivity contribution in [1.82, 2.24) is 0 Å². The minimum absolute atomic E-state index is 0.170. The Kier molecular flexibility index (Phi) is 4.45. The van der Waals surface area contributed by atoms with E-state index in [1.807, 2.05) is 44.2 Å². The first-order valence-electron chi connectivity index (χ1n) is 6.19. The van der Waals surface area contributed by atoms with E-state index in [-0.39, 0.29) is 5.56 Å². The van der Waals surface area contributed by atoms with Gasteiger partial charge in [-0.25, -0.2) is 4.79 Å². The van der Waals surface area contributed by atoms with Gasteiger partial charge in [-0.05, 0) is 37.1 Å². The lowest BCUT2D eigenvalue weighted by Gasteiger charge is -2.13. The van der Waals surface area contributed by atoms with Gasteiger partial charge in [0.15, 0.2) is 0 Å². The molecular formula is C16H15BrO3. The molecule has 2 rings (SSSR count). The van der Waals surface area contributed by atoms with Crippen molar-refractivity contribution in [2.24, 2.45) is 0 Å². The van der Waals surface area contributed by atoms with Crippen LogP contribution in [0.5, 0.6) is 5.75 Å². The van der Waals surface area contributed by atoms with Gasteiger partial charge in [0.1, 0.15) is 17.9 Å². The predicted molar refractivity (Wildman–Crippen MR) is 81.3 cm³/mol. The number of rotatable bonds is 4. The van der Waals surface area contributed by atoms with Crippen molar-refractivity contribution in [3.63, 3.8) is 0 Å². The molecule has 2 aromatic rings. The maximum absolute atomic E-state index is 11.3. The van der Waals surface area contributed by atoms with Crippen molar-refractivity contribution in [1.29, 1.82) is 0 Å². The Morgan fingerprint density at radius 2 is 1.85 bits per heavy atom. The second kappa shape index (κ2) is 6.09. The molecule has 0 aliphatic rings. The topological polar surface area (TPSA) is 46.5 Å². The van der Waals surface area contributed by atoms with E-state index in [2.05, 4.69) is 15.9 Å². The molecule has 0 aromatic heterocycles. The molecule has 3 nitrogen and oxygen atoms in total. The summed E-state index contributed by atoms with van der Waals surface area (Å²) >= 11 is 3.30. The first-order chi connectivity index (χ1) is 9.47. The fourth-order valence-corrected chi connectivity index (χ4v) is 2.49. The molecular weight excluding hydrogens is 320 g/mol. The van der Waals surface area contributed by atoms with Gasteiger partial charge < -0.3 is 9.84 Å². The highest BCUT2D eigenvalue weighted by atomic mass is 79.9. The average Bonchev–Trinajstić information content (AvgIpc) is 2.38. The fraction of sp³-hybridized carbons (Fsp3) is 0.188. The molecule has 0 heterocycles. The van der Waals surface area contributed by atoms with Gasteiger partial charge in [-0.1, -0.05) is 45.8 Å². The quantitative estimate of drug-likeness (QED) is 0.904. The van der Waals surface area contributed by atoms with Gasteiger partial charge >= 0.3 is 5.97 Å². The van der Waals surface area contributed by atoms with Crippen LogP contribution in [0, 0.1) is 13.8 Å². The van der Waals surface area contributed by atoms with Crippen LogP contribution in [0.15, 0.2) is 40.9 Å². The monoisotopic (exact) mass is 334 g/mol. The molecule has 2 aromatic carbocycles. The van der Waals surface area contributed by atoms with Gasteiger partial charge in [0.2, 0.25) is 0 Å². The molecule has 0 atom stereocenters. The Morgan fingerprint density at radius 1 is 1.20 bits per heavy atom. The number of halogens is 1. The summed E-state index contributed by atoms with van der Waals surface area (Å²) in [6, 6.07) is 11.4. The van der Waals surface area contributed by atoms with Crippen LogP contribution >= 0.6 is 15.9 Å². The van der Waals surface area contributed by atoms with Crippen LogP contribution in [0.4, 0.5) is 0 Å². The largest absolute Gasteiger partial charge is 0.488 e. The van der Waals surface area contributed by atoms with Gasteiger partial charge in [0.25, 0.3) is 0 Å². The average molecular weight is 335 g/mol. The van der Waals surface area contributed by atoms with E-state index >= 15 is 0 Å². The summed E-state index contributed by atoms with van der Waals surface area (Å²) in [6.45, 7) is 4.21. The Morgan fingerprint density at radius 3 is 2.45 bits per heavy atom. The van der Waals surface area contributed by atoms with Crippen LogP contribution in [-0.2, 0) is 6.61 Å². The summed E-state index contributed by atoms with van der Waals surface area (Å²) in [4.78, 5) is 11.3. The lowest BCUT2D eigenvalue weighted by Crippen LogP contribution is -2.05. The standard InChI is InChI=1S/C16H15BrO3/c1-10-3-5-12(6-4-10)9-20-15-11(2)7-13(17)8-14(15)16(18)19/h3-8H,9H2,1-2H3,(H,18,19). The highest BCUT2D eigenvalue weighted by Crippen LogP contribution is 2.28. The number of hydrogen-bond acceptors (Lipinski definition) is 2. The van der Waals surface area contributed by atoms with Crippen LogP contribution in [0.1, 0.15) is 27.0 Å². The zero-order chi connectivity index (χ0) is 14.7. The third-order valence-electron chi connectivity index (χ3n) is 2.97. The van der Waals surface area contributed by atoms with E-state index in [1.165, 1.54) is 5.56 Å². The number of carboxylic acid groups (broad SMARTS) is 1. The maximum Gasteiger partial charge on any atom is 0.339 e. The minimum atomic E-state index is -0.992. The fourth-order valence-electron chi connectivity index (χ4n) is 1.92. The van der Waals surface area contributed by atoms with E-state index in [0.29, 0.717) is 12.4 Å². The number of benzene rings is 2. The van der Waals surface area contributed by atoms with Gasteiger partial charge in [0.05, 0.1) is 0 Å². The summed E-state index contributed by atoms with van der Waals surface area (Å²) in [5.74, 6) is -0.574. The van der Waals surface area contributed by atoms with E-state index in [1.54, 1.807) is 6.07 Å². The molecule has 20 heavy (non-hydrogen) atoms. The maximum atomic E-state index is 11.3. The van der Waals surface area contributed by atoms with E-state index in [9.17, 15) is 9.90 Å². The highest BCUT2D eigenvalue weighted by molar-refractivity contribution is 9.10. The summed E-state index contributed by atoms with van der Waals surface area (Å²) in [7, 11) is 0. The second-order valence-electron chi connectivity index (χ2n) is 4.68. The van der Waals surface area contributed by atoms with Crippen LogP contribution in [0.2, 0.25) is 0 Å². The van der Waals surface area contributed by atoms with Crippen molar-refractivity contribution in [3.8, 4) is 5.75 Å². The molecule has 0 amide bonds. The van der Waals surface area contributed by atoms with Crippen LogP contribution in [0.3, 0.4) is 0 Å². The van der Waals surface area contributed by atoms with Crippen molar-refractivity contribution >= 4 is 21.9 Å². The van der Waals surface area contributed by atoms with E-state index < -0.39 is 5.97 Å². The molecule has 0 spiro atoms. The molecule has 0 saturated carbocycles. The molecule has 1 N–H and O–H groups in total. The number of ether oxygens (including phenoxy) is 1. The first kappa shape index (κ1) is 14.6. The van der Waals surface area contributed by atoms with Gasteiger partial charge in [-0.3, -0.25) is 0 Å². The molecule has 4 heteroatoms. The number of aryl methyl sites for hydroxylation is 2. The minimum Gasteiger partial charge on any atom is -0.488 e. The Labute approximate surface area is 126 Å². The lowest BCUT2D eigenvalue weighted by atomic mass is 10.1. The summed E-state index contributed by atoms with van der Waals surface area (Å²) < 4.78 is 6.44. The molecule has 0 aliphatic carbocycles. The third kappa shape index (κ3) is 3.39. The summed E-state index contributed by atoms with van der Waals surface area (Å²) in [5.41, 5.74) is 3.15. The van der Waals surface area contributed by atoms with Crippen molar-refractivity contribution < 1.29 is 14.6 Å². The zero-order valence-electron chi connectivity index (χ0n) is 11.3. The molecule has 0 aliphatic heterocycles. The van der Waals surface area contributed by atoms with Crippen LogP contribution in [0.25, 0.3) is 0 Å².